The molecule has 0 radical (unpaired) electrons. The second-order valence-corrected chi connectivity index (χ2v) is 3.62. The van der Waals surface area contributed by atoms with Gasteiger partial charge < -0.3 is 14.7 Å². The van der Waals surface area contributed by atoms with Crippen molar-refractivity contribution < 1.29 is 14.2 Å². The van der Waals surface area contributed by atoms with Crippen LogP contribution in [0.5, 0.6) is 11.8 Å². The van der Waals surface area contributed by atoms with Gasteiger partial charge in [0.15, 0.2) is 0 Å². The lowest BCUT2D eigenvalue weighted by molar-refractivity contribution is -0.606. The minimum atomic E-state index is 0.343. The fraction of sp³-hybridized carbons (Fsp3) is 0.333. The van der Waals surface area contributed by atoms with Crippen molar-refractivity contribution >= 4 is 0 Å². The fourth-order valence-corrected chi connectivity index (χ4v) is 1.20. The van der Waals surface area contributed by atoms with Gasteiger partial charge in [0.25, 0.3) is 5.88 Å². The number of aryl methyl sites for hydroxylation is 2. The molecule has 19 heavy (non-hydrogen) atoms. The molecule has 102 valence electrons. The minimum Gasteiger partial charge on any atom is -0.619 e. The zero-order chi connectivity index (χ0) is 14.3. The molecule has 0 amide bonds. The van der Waals surface area contributed by atoms with E-state index in [4.69, 9.17) is 9.47 Å². The second-order valence-electron chi connectivity index (χ2n) is 3.62. The summed E-state index contributed by atoms with van der Waals surface area (Å²) in [7, 11) is 3.05. The smallest absolute Gasteiger partial charge is 0.281 e. The third kappa shape index (κ3) is 5.15. The first-order chi connectivity index (χ1) is 9.05. The lowest BCUT2D eigenvalue weighted by atomic mass is 10.5. The largest absolute Gasteiger partial charge is 0.619 e. The molecule has 0 N–H and O–H groups in total. The van der Waals surface area contributed by atoms with Crippen LogP contribution in [-0.4, -0.2) is 29.2 Å². The molecule has 0 unspecified atom stereocenters. The number of rotatable bonds is 2. The summed E-state index contributed by atoms with van der Waals surface area (Å²) in [6, 6.07) is 0. The Morgan fingerprint density at radius 2 is 1.58 bits per heavy atom. The van der Waals surface area contributed by atoms with Crippen LogP contribution in [0.3, 0.4) is 0 Å². The van der Waals surface area contributed by atoms with E-state index in [2.05, 4.69) is 15.0 Å². The third-order valence-corrected chi connectivity index (χ3v) is 1.99. The van der Waals surface area contributed by atoms with Crippen LogP contribution in [0.25, 0.3) is 0 Å². The highest BCUT2D eigenvalue weighted by atomic mass is 16.5. The van der Waals surface area contributed by atoms with E-state index in [1.807, 2.05) is 6.92 Å². The van der Waals surface area contributed by atoms with Gasteiger partial charge in [-0.2, -0.15) is 4.73 Å². The summed E-state index contributed by atoms with van der Waals surface area (Å²) in [5.74, 6) is 0.907. The van der Waals surface area contributed by atoms with Gasteiger partial charge in [0.2, 0.25) is 18.3 Å². The standard InChI is InChI=1S/C6H8N2O2.C6H8N2O/c1-5-3-8(9)4-6(7-5)10-2;1-5-3-7-4-6(8-5)9-2/h3-4H,1-2H3;3-4H,1-2H3. The highest BCUT2D eigenvalue weighted by Crippen LogP contribution is 2.01. The summed E-state index contributed by atoms with van der Waals surface area (Å²) in [4.78, 5) is 11.8. The van der Waals surface area contributed by atoms with Gasteiger partial charge in [0, 0.05) is 6.20 Å². The zero-order valence-electron chi connectivity index (χ0n) is 11.3. The maximum absolute atomic E-state index is 10.7. The van der Waals surface area contributed by atoms with Crippen LogP contribution in [0.4, 0.5) is 0 Å². The molecule has 2 heterocycles. The van der Waals surface area contributed by atoms with E-state index in [1.165, 1.54) is 19.5 Å². The molecule has 7 nitrogen and oxygen atoms in total. The van der Waals surface area contributed by atoms with Gasteiger partial charge in [-0.25, -0.2) is 9.97 Å². The Bertz CT molecular complexity index is 514. The summed E-state index contributed by atoms with van der Waals surface area (Å²) < 4.78 is 10.2. The lowest BCUT2D eigenvalue weighted by Gasteiger charge is -1.99. The summed E-state index contributed by atoms with van der Waals surface area (Å²) in [5.41, 5.74) is 1.52. The highest BCUT2D eigenvalue weighted by Gasteiger charge is 1.99. The van der Waals surface area contributed by atoms with Crippen LogP contribution < -0.4 is 14.2 Å². The Labute approximate surface area is 111 Å². The molecule has 0 fully saturated rings. The fourth-order valence-electron chi connectivity index (χ4n) is 1.20. The van der Waals surface area contributed by atoms with E-state index in [1.54, 1.807) is 26.4 Å². The van der Waals surface area contributed by atoms with Crippen molar-refractivity contribution in [3.63, 3.8) is 0 Å². The van der Waals surface area contributed by atoms with Crippen LogP contribution in [0.1, 0.15) is 11.4 Å². The third-order valence-electron chi connectivity index (χ3n) is 1.99. The molecule has 2 rings (SSSR count). The van der Waals surface area contributed by atoms with Crippen LogP contribution in [0.2, 0.25) is 0 Å². The highest BCUT2D eigenvalue weighted by molar-refractivity contribution is 5.06. The Morgan fingerprint density at radius 1 is 0.947 bits per heavy atom. The molecule has 0 spiro atoms. The number of nitrogens with zero attached hydrogens (tertiary/aromatic N) is 4. The molecule has 0 aromatic carbocycles. The molecule has 0 saturated heterocycles. The predicted octanol–water partition coefficient (Wildman–Crippen LogP) is 0.826. The van der Waals surface area contributed by atoms with Gasteiger partial charge >= 0.3 is 0 Å². The van der Waals surface area contributed by atoms with Crippen molar-refractivity contribution in [2.45, 2.75) is 13.8 Å². The van der Waals surface area contributed by atoms with Gasteiger partial charge in [0.05, 0.1) is 26.1 Å². The molecular formula is C12H16N4O3. The topological polar surface area (TPSA) is 84.1 Å². The van der Waals surface area contributed by atoms with E-state index in [0.717, 1.165) is 5.69 Å². The molecule has 0 aliphatic rings. The quantitative estimate of drug-likeness (QED) is 0.590. The van der Waals surface area contributed by atoms with Crippen LogP contribution >= 0.6 is 0 Å². The second kappa shape index (κ2) is 7.10. The number of aromatic nitrogens is 4. The van der Waals surface area contributed by atoms with Crippen molar-refractivity contribution in [1.82, 2.24) is 15.0 Å². The summed E-state index contributed by atoms with van der Waals surface area (Å²) in [5, 5.41) is 10.7. The molecule has 0 bridgehead atoms. The molecule has 0 aliphatic heterocycles. The Balaban J connectivity index is 0.000000191. The SMILES string of the molecule is COc1c[n+]([O-])cc(C)n1.COc1cncc(C)n1. The zero-order valence-corrected chi connectivity index (χ0v) is 11.3. The molecule has 0 saturated carbocycles. The predicted molar refractivity (Wildman–Crippen MR) is 67.8 cm³/mol. The van der Waals surface area contributed by atoms with Gasteiger partial charge in [-0.15, -0.1) is 0 Å². The van der Waals surface area contributed by atoms with E-state index in [9.17, 15) is 5.21 Å². The Morgan fingerprint density at radius 3 is 2.05 bits per heavy atom. The average Bonchev–Trinajstić information content (AvgIpc) is 2.38. The first kappa shape index (κ1) is 14.6. The number of hydrogen-bond donors (Lipinski definition) is 0. The van der Waals surface area contributed by atoms with E-state index < -0.39 is 0 Å². The van der Waals surface area contributed by atoms with E-state index in [0.29, 0.717) is 22.2 Å². The Kier molecular flexibility index (Phi) is 5.46. The molecule has 7 heteroatoms. The first-order valence-electron chi connectivity index (χ1n) is 5.49. The average molecular weight is 264 g/mol. The normalized spacial score (nSPS) is 9.26. The minimum absolute atomic E-state index is 0.343. The van der Waals surface area contributed by atoms with Crippen molar-refractivity contribution in [1.29, 1.82) is 0 Å². The molecular weight excluding hydrogens is 248 g/mol. The summed E-state index contributed by atoms with van der Waals surface area (Å²) in [6.45, 7) is 3.60. The molecule has 2 aromatic rings. The van der Waals surface area contributed by atoms with Crippen molar-refractivity contribution in [2.24, 2.45) is 0 Å². The number of methoxy groups -OCH3 is 2. The number of hydrogen-bond acceptors (Lipinski definition) is 6. The van der Waals surface area contributed by atoms with Crippen molar-refractivity contribution in [2.75, 3.05) is 14.2 Å². The molecule has 2 aromatic heterocycles. The number of ether oxygens (including phenoxy) is 2. The van der Waals surface area contributed by atoms with E-state index in [-0.39, 0.29) is 0 Å². The molecule has 0 aliphatic carbocycles. The van der Waals surface area contributed by atoms with Crippen molar-refractivity contribution in [3.05, 3.63) is 41.4 Å². The van der Waals surface area contributed by atoms with Gasteiger partial charge in [-0.05, 0) is 13.8 Å². The first-order valence-corrected chi connectivity index (χ1v) is 5.49. The van der Waals surface area contributed by atoms with Gasteiger partial charge in [0.1, 0.15) is 5.69 Å². The van der Waals surface area contributed by atoms with Gasteiger partial charge in [-0.1, -0.05) is 0 Å². The molecule has 0 atom stereocenters. The maximum Gasteiger partial charge on any atom is 0.281 e. The summed E-state index contributed by atoms with van der Waals surface area (Å²) in [6.07, 6.45) is 5.91. The monoisotopic (exact) mass is 264 g/mol. The lowest BCUT2D eigenvalue weighted by Crippen LogP contribution is -2.25. The maximum atomic E-state index is 10.7. The van der Waals surface area contributed by atoms with Crippen molar-refractivity contribution in [3.8, 4) is 11.8 Å². The van der Waals surface area contributed by atoms with Crippen LogP contribution in [0, 0.1) is 19.1 Å². The summed E-state index contributed by atoms with van der Waals surface area (Å²) >= 11 is 0. The van der Waals surface area contributed by atoms with E-state index >= 15 is 0 Å². The van der Waals surface area contributed by atoms with Gasteiger partial charge in [-0.3, -0.25) is 4.98 Å². The van der Waals surface area contributed by atoms with Crippen LogP contribution in [0.15, 0.2) is 24.8 Å². The van der Waals surface area contributed by atoms with Crippen LogP contribution in [-0.2, 0) is 0 Å². The Hall–Kier alpha value is -2.44.